The number of carbonyl (C=O) groups is 2. The zero-order valence-electron chi connectivity index (χ0n) is 19.7. The number of hydrogen-bond acceptors (Lipinski definition) is 5. The number of rotatable bonds is 5. The summed E-state index contributed by atoms with van der Waals surface area (Å²) in [5, 5.41) is 11.5. The molecule has 1 unspecified atom stereocenters. The summed E-state index contributed by atoms with van der Waals surface area (Å²) in [6.07, 6.45) is 1.55. The molecular weight excluding hydrogens is 454 g/mol. The van der Waals surface area contributed by atoms with Gasteiger partial charge in [0.2, 0.25) is 5.91 Å². The molecule has 2 amide bonds. The molecule has 8 nitrogen and oxygen atoms in total. The van der Waals surface area contributed by atoms with Crippen LogP contribution in [0.25, 0.3) is 10.9 Å². The maximum Gasteiger partial charge on any atom is 0.408 e. The first-order valence-electron chi connectivity index (χ1n) is 11.4. The Morgan fingerprint density at radius 3 is 2.50 bits per heavy atom. The van der Waals surface area contributed by atoms with Crippen LogP contribution in [0.1, 0.15) is 26.3 Å². The van der Waals surface area contributed by atoms with E-state index in [2.05, 4.69) is 32.5 Å². The second-order valence-electron chi connectivity index (χ2n) is 9.48. The summed E-state index contributed by atoms with van der Waals surface area (Å²) in [6, 6.07) is 12.7. The number of piperazine rings is 1. The Hall–Kier alpha value is -3.26. The Morgan fingerprint density at radius 2 is 1.82 bits per heavy atom. The molecule has 3 aromatic rings. The van der Waals surface area contributed by atoms with Gasteiger partial charge in [0.1, 0.15) is 11.6 Å². The van der Waals surface area contributed by atoms with Crippen molar-refractivity contribution in [1.82, 2.24) is 20.4 Å². The van der Waals surface area contributed by atoms with Gasteiger partial charge in [0.05, 0.1) is 11.7 Å². The highest BCUT2D eigenvalue weighted by Crippen LogP contribution is 2.22. The smallest absolute Gasteiger partial charge is 0.408 e. The van der Waals surface area contributed by atoms with E-state index in [-0.39, 0.29) is 5.91 Å². The van der Waals surface area contributed by atoms with Gasteiger partial charge in [-0.15, -0.1) is 0 Å². The van der Waals surface area contributed by atoms with E-state index in [0.29, 0.717) is 37.6 Å². The summed E-state index contributed by atoms with van der Waals surface area (Å²) < 4.78 is 5.41. The van der Waals surface area contributed by atoms with Gasteiger partial charge in [-0.2, -0.15) is 5.10 Å². The molecule has 0 aliphatic carbocycles. The molecule has 0 radical (unpaired) electrons. The van der Waals surface area contributed by atoms with Gasteiger partial charge >= 0.3 is 6.09 Å². The van der Waals surface area contributed by atoms with Crippen LogP contribution in [0.3, 0.4) is 0 Å². The lowest BCUT2D eigenvalue weighted by Crippen LogP contribution is -2.56. The van der Waals surface area contributed by atoms with Crippen molar-refractivity contribution in [1.29, 1.82) is 0 Å². The van der Waals surface area contributed by atoms with E-state index in [1.54, 1.807) is 39.1 Å². The van der Waals surface area contributed by atoms with Crippen molar-refractivity contribution in [2.24, 2.45) is 0 Å². The Morgan fingerprint density at radius 1 is 1.12 bits per heavy atom. The summed E-state index contributed by atoms with van der Waals surface area (Å²) in [4.78, 5) is 30.0. The number of aromatic nitrogens is 2. The van der Waals surface area contributed by atoms with E-state index in [9.17, 15) is 9.59 Å². The van der Waals surface area contributed by atoms with Crippen molar-refractivity contribution < 1.29 is 14.3 Å². The van der Waals surface area contributed by atoms with Crippen LogP contribution < -0.4 is 10.2 Å². The van der Waals surface area contributed by atoms with Gasteiger partial charge in [0.15, 0.2) is 0 Å². The molecule has 0 saturated carbocycles. The minimum atomic E-state index is -0.732. The molecule has 9 heteroatoms. The lowest BCUT2D eigenvalue weighted by atomic mass is 10.0. The maximum atomic E-state index is 13.5. The van der Waals surface area contributed by atoms with Gasteiger partial charge in [-0.1, -0.05) is 23.7 Å². The van der Waals surface area contributed by atoms with Crippen molar-refractivity contribution in [3.63, 3.8) is 0 Å². The molecule has 1 fully saturated rings. The van der Waals surface area contributed by atoms with Crippen LogP contribution in [0.5, 0.6) is 0 Å². The molecule has 34 heavy (non-hydrogen) atoms. The van der Waals surface area contributed by atoms with E-state index in [1.165, 1.54) is 0 Å². The monoisotopic (exact) mass is 483 g/mol. The largest absolute Gasteiger partial charge is 0.444 e. The molecule has 1 atom stereocenters. The number of aromatic amines is 1. The number of fused-ring (bicyclic) bond motifs is 1. The third-order valence-corrected chi connectivity index (χ3v) is 5.98. The Bertz CT molecular complexity index is 1150. The predicted octanol–water partition coefficient (Wildman–Crippen LogP) is 4.00. The molecule has 0 bridgehead atoms. The van der Waals surface area contributed by atoms with Gasteiger partial charge in [-0.25, -0.2) is 4.79 Å². The van der Waals surface area contributed by atoms with E-state index >= 15 is 0 Å². The Labute approximate surface area is 204 Å². The minimum Gasteiger partial charge on any atom is -0.444 e. The molecular formula is C25H30ClN5O3. The summed E-state index contributed by atoms with van der Waals surface area (Å²) >= 11 is 6.00. The number of nitrogens with zero attached hydrogens (tertiary/aromatic N) is 3. The van der Waals surface area contributed by atoms with Crippen LogP contribution >= 0.6 is 11.6 Å². The number of carbonyl (C=O) groups excluding carboxylic acids is 2. The first-order chi connectivity index (χ1) is 16.2. The minimum absolute atomic E-state index is 0.121. The van der Waals surface area contributed by atoms with Crippen LogP contribution in [0.4, 0.5) is 10.5 Å². The average Bonchev–Trinajstić information content (AvgIpc) is 3.26. The molecule has 1 aliphatic heterocycles. The second kappa shape index (κ2) is 9.93. The number of benzene rings is 2. The van der Waals surface area contributed by atoms with E-state index in [0.717, 1.165) is 22.2 Å². The summed E-state index contributed by atoms with van der Waals surface area (Å²) in [6.45, 7) is 7.91. The number of hydrogen-bond donors (Lipinski definition) is 2. The second-order valence-corrected chi connectivity index (χ2v) is 9.92. The standard InChI is InChI=1S/C25H30ClN5O3/c1-25(2,3)34-24(33)28-22(14-17-4-7-19(26)8-5-17)23(32)31-12-10-30(11-13-31)20-9-6-18-16-27-29-21(18)15-20/h4-9,15-16,22H,10-14H2,1-3H3,(H,27,29)(H,28,33). The molecule has 2 N–H and O–H groups in total. The van der Waals surface area contributed by atoms with Crippen LogP contribution in [-0.4, -0.2) is 64.9 Å². The molecule has 1 saturated heterocycles. The van der Waals surface area contributed by atoms with E-state index in [1.807, 2.05) is 23.1 Å². The zero-order valence-corrected chi connectivity index (χ0v) is 20.4. The van der Waals surface area contributed by atoms with Crippen molar-refractivity contribution in [2.75, 3.05) is 31.1 Å². The molecule has 2 aromatic carbocycles. The molecule has 1 aliphatic rings. The number of alkyl carbamates (subject to hydrolysis) is 1. The number of anilines is 1. The highest BCUT2D eigenvalue weighted by atomic mass is 35.5. The SMILES string of the molecule is CC(C)(C)OC(=O)NC(Cc1ccc(Cl)cc1)C(=O)N1CCN(c2ccc3cn[nH]c3c2)CC1. The van der Waals surface area contributed by atoms with E-state index < -0.39 is 17.7 Å². The first kappa shape index (κ1) is 23.9. The summed E-state index contributed by atoms with van der Waals surface area (Å²) in [7, 11) is 0. The number of halogens is 1. The van der Waals surface area contributed by atoms with Gasteiger partial charge in [0, 0.05) is 48.7 Å². The van der Waals surface area contributed by atoms with Crippen LogP contribution in [0.2, 0.25) is 5.02 Å². The third kappa shape index (κ3) is 5.99. The lowest BCUT2D eigenvalue weighted by molar-refractivity contribution is -0.133. The van der Waals surface area contributed by atoms with Crippen LogP contribution in [0.15, 0.2) is 48.7 Å². The quantitative estimate of drug-likeness (QED) is 0.572. The van der Waals surface area contributed by atoms with Gasteiger partial charge in [0.25, 0.3) is 0 Å². The number of H-pyrrole nitrogens is 1. The van der Waals surface area contributed by atoms with Gasteiger partial charge in [-0.05, 0) is 56.7 Å². The zero-order chi connectivity index (χ0) is 24.3. The number of nitrogens with one attached hydrogen (secondary N) is 2. The maximum absolute atomic E-state index is 13.5. The molecule has 0 spiro atoms. The Balaban J connectivity index is 1.43. The third-order valence-electron chi connectivity index (χ3n) is 5.72. The fourth-order valence-electron chi connectivity index (χ4n) is 4.03. The fraction of sp³-hybridized carbons (Fsp3) is 0.400. The summed E-state index contributed by atoms with van der Waals surface area (Å²) in [5.74, 6) is -0.121. The van der Waals surface area contributed by atoms with Crippen molar-refractivity contribution in [3.8, 4) is 0 Å². The number of ether oxygens (including phenoxy) is 1. The van der Waals surface area contributed by atoms with Crippen molar-refractivity contribution in [3.05, 3.63) is 59.2 Å². The first-order valence-corrected chi connectivity index (χ1v) is 11.8. The predicted molar refractivity (Wildman–Crippen MR) is 133 cm³/mol. The highest BCUT2D eigenvalue weighted by molar-refractivity contribution is 6.30. The highest BCUT2D eigenvalue weighted by Gasteiger charge is 2.30. The fourth-order valence-corrected chi connectivity index (χ4v) is 4.16. The van der Waals surface area contributed by atoms with Crippen LogP contribution in [-0.2, 0) is 16.0 Å². The molecule has 4 rings (SSSR count). The summed E-state index contributed by atoms with van der Waals surface area (Å²) in [5.41, 5.74) is 2.33. The lowest BCUT2D eigenvalue weighted by Gasteiger charge is -2.37. The average molecular weight is 484 g/mol. The van der Waals surface area contributed by atoms with E-state index in [4.69, 9.17) is 16.3 Å². The molecule has 1 aromatic heterocycles. The number of amides is 2. The molecule has 2 heterocycles. The topological polar surface area (TPSA) is 90.6 Å². The van der Waals surface area contributed by atoms with Crippen LogP contribution in [0, 0.1) is 0 Å². The van der Waals surface area contributed by atoms with Crippen molar-refractivity contribution in [2.45, 2.75) is 38.8 Å². The molecule has 180 valence electrons. The normalized spacial score (nSPS) is 15.3. The Kier molecular flexibility index (Phi) is 6.97. The van der Waals surface area contributed by atoms with Crippen molar-refractivity contribution >= 4 is 40.2 Å². The van der Waals surface area contributed by atoms with Gasteiger partial charge < -0.3 is 19.9 Å². The van der Waals surface area contributed by atoms with Gasteiger partial charge in [-0.3, -0.25) is 9.89 Å².